The summed E-state index contributed by atoms with van der Waals surface area (Å²) in [5.74, 6) is 0. The van der Waals surface area contributed by atoms with Crippen LogP contribution in [0.5, 0.6) is 0 Å². The highest BCUT2D eigenvalue weighted by Gasteiger charge is 2.14. The Morgan fingerprint density at radius 1 is 0.724 bits per heavy atom. The van der Waals surface area contributed by atoms with Gasteiger partial charge in [-0.1, -0.05) is 96.1 Å². The summed E-state index contributed by atoms with van der Waals surface area (Å²) in [6.07, 6.45) is 19.7. The molecule has 0 aliphatic carbocycles. The minimum absolute atomic E-state index is 0. The molecule has 1 heterocycles. The predicted molar refractivity (Wildman–Crippen MR) is 124 cm³/mol. The standard InChI is InChI=1S/C26H42N2.HI/c1-3-4-5-6-7-8-9-10-11-12-13-14-15-18-21-28-23(2)22-25(27)24-19-16-17-20-26(24)28;/h16-17,19-20,22,27H,3-15,18,21H2,1-2H3;1H. The van der Waals surface area contributed by atoms with E-state index >= 15 is 0 Å². The Labute approximate surface area is 196 Å². The third-order valence-corrected chi connectivity index (χ3v) is 6.03. The number of benzene rings is 1. The first-order chi connectivity index (χ1) is 13.7. The molecule has 2 aromatic rings. The summed E-state index contributed by atoms with van der Waals surface area (Å²) >= 11 is 0. The van der Waals surface area contributed by atoms with Gasteiger partial charge in [0.05, 0.1) is 11.1 Å². The quantitative estimate of drug-likeness (QED) is 0.213. The Morgan fingerprint density at radius 2 is 1.21 bits per heavy atom. The van der Waals surface area contributed by atoms with E-state index in [1.165, 1.54) is 106 Å². The molecule has 1 aromatic carbocycles. The Bertz CT molecular complexity index is 684. The number of nitrogens with zero attached hydrogens (tertiary/aromatic N) is 1. The van der Waals surface area contributed by atoms with Crippen LogP contribution in [0.1, 0.15) is 103 Å². The van der Waals surface area contributed by atoms with Gasteiger partial charge in [-0.3, -0.25) is 0 Å². The minimum Gasteiger partial charge on any atom is -1.00 e. The second-order valence-electron chi connectivity index (χ2n) is 8.51. The molecule has 164 valence electrons. The maximum Gasteiger partial charge on any atom is 0.214 e. The fraction of sp³-hybridized carbons (Fsp3) is 0.654. The molecule has 1 aromatic heterocycles. The van der Waals surface area contributed by atoms with E-state index in [2.05, 4.69) is 48.7 Å². The smallest absolute Gasteiger partial charge is 0.214 e. The SMILES string of the molecule is CCCCCCCCCCCCCCCC[n+]1c(C)cc(N)c2ccccc21.[I-]. The zero-order chi connectivity index (χ0) is 20.0. The summed E-state index contributed by atoms with van der Waals surface area (Å²) in [6.45, 7) is 5.57. The lowest BCUT2D eigenvalue weighted by atomic mass is 10.0. The van der Waals surface area contributed by atoms with E-state index in [1.807, 2.05) is 0 Å². The van der Waals surface area contributed by atoms with Gasteiger partial charge in [-0.15, -0.1) is 0 Å². The molecule has 29 heavy (non-hydrogen) atoms. The summed E-state index contributed by atoms with van der Waals surface area (Å²) < 4.78 is 2.44. The first-order valence-electron chi connectivity index (χ1n) is 11.9. The van der Waals surface area contributed by atoms with Crippen molar-refractivity contribution in [1.29, 1.82) is 0 Å². The third kappa shape index (κ3) is 9.67. The van der Waals surface area contributed by atoms with Crippen LogP contribution in [-0.4, -0.2) is 0 Å². The number of unbranched alkanes of at least 4 members (excludes halogenated alkanes) is 13. The van der Waals surface area contributed by atoms with Crippen molar-refractivity contribution >= 4 is 16.6 Å². The van der Waals surface area contributed by atoms with Crippen molar-refractivity contribution in [2.24, 2.45) is 0 Å². The summed E-state index contributed by atoms with van der Waals surface area (Å²) in [4.78, 5) is 0. The van der Waals surface area contributed by atoms with Gasteiger partial charge in [-0.25, -0.2) is 0 Å². The van der Waals surface area contributed by atoms with Crippen molar-refractivity contribution < 1.29 is 28.5 Å². The molecule has 0 atom stereocenters. The van der Waals surface area contributed by atoms with Crippen molar-refractivity contribution in [3.63, 3.8) is 0 Å². The zero-order valence-electron chi connectivity index (χ0n) is 18.9. The summed E-state index contributed by atoms with van der Waals surface area (Å²) in [5.41, 5.74) is 9.63. The van der Waals surface area contributed by atoms with Crippen LogP contribution < -0.4 is 34.3 Å². The van der Waals surface area contributed by atoms with Gasteiger partial charge in [0.15, 0.2) is 5.69 Å². The molecule has 0 aliphatic heterocycles. The third-order valence-electron chi connectivity index (χ3n) is 6.03. The van der Waals surface area contributed by atoms with Crippen molar-refractivity contribution in [2.75, 3.05) is 5.73 Å². The number of nitrogens with two attached hydrogens (primary N) is 1. The molecule has 0 fully saturated rings. The maximum absolute atomic E-state index is 6.19. The second-order valence-corrected chi connectivity index (χ2v) is 8.51. The Balaban J connectivity index is 0.00000420. The Kier molecular flexibility index (Phi) is 14.4. The molecule has 2 rings (SSSR count). The number of para-hydroxylation sites is 1. The normalized spacial score (nSPS) is 11.0. The van der Waals surface area contributed by atoms with E-state index in [0.29, 0.717) is 0 Å². The van der Waals surface area contributed by atoms with Gasteiger partial charge in [-0.05, 0) is 12.5 Å². The van der Waals surface area contributed by atoms with Crippen molar-refractivity contribution in [1.82, 2.24) is 0 Å². The van der Waals surface area contributed by atoms with Crippen LogP contribution in [0, 0.1) is 6.92 Å². The molecule has 0 saturated heterocycles. The molecule has 0 spiro atoms. The predicted octanol–water partition coefficient (Wildman–Crippen LogP) is 4.50. The number of anilines is 1. The fourth-order valence-electron chi connectivity index (χ4n) is 4.29. The average molecular weight is 511 g/mol. The van der Waals surface area contributed by atoms with Gasteiger partial charge >= 0.3 is 0 Å². The summed E-state index contributed by atoms with van der Waals surface area (Å²) in [5, 5.41) is 1.18. The van der Waals surface area contributed by atoms with E-state index in [-0.39, 0.29) is 24.0 Å². The molecule has 0 aliphatic rings. The van der Waals surface area contributed by atoms with Crippen LogP contribution in [0.3, 0.4) is 0 Å². The number of fused-ring (bicyclic) bond motifs is 1. The monoisotopic (exact) mass is 510 g/mol. The first kappa shape index (κ1) is 26.2. The van der Waals surface area contributed by atoms with Gasteiger partial charge in [-0.2, -0.15) is 4.57 Å². The van der Waals surface area contributed by atoms with Crippen LogP contribution in [0.2, 0.25) is 0 Å². The number of rotatable bonds is 15. The van der Waals surface area contributed by atoms with Gasteiger partial charge in [0.1, 0.15) is 6.54 Å². The molecular formula is C26H43IN2. The molecule has 0 radical (unpaired) electrons. The number of hydrogen-bond acceptors (Lipinski definition) is 1. The minimum atomic E-state index is 0. The molecular weight excluding hydrogens is 467 g/mol. The highest BCUT2D eigenvalue weighted by atomic mass is 127. The van der Waals surface area contributed by atoms with Crippen LogP contribution >= 0.6 is 0 Å². The van der Waals surface area contributed by atoms with E-state index < -0.39 is 0 Å². The van der Waals surface area contributed by atoms with Crippen LogP contribution in [0.4, 0.5) is 5.69 Å². The number of aryl methyl sites for hydroxylation is 2. The highest BCUT2D eigenvalue weighted by Crippen LogP contribution is 2.19. The fourth-order valence-corrected chi connectivity index (χ4v) is 4.29. The van der Waals surface area contributed by atoms with E-state index in [0.717, 1.165) is 12.2 Å². The number of aromatic nitrogens is 1. The van der Waals surface area contributed by atoms with Crippen LogP contribution in [0.25, 0.3) is 10.9 Å². The Hall–Kier alpha value is -0.840. The molecule has 2 nitrogen and oxygen atoms in total. The van der Waals surface area contributed by atoms with E-state index in [9.17, 15) is 0 Å². The molecule has 0 saturated carbocycles. The largest absolute Gasteiger partial charge is 1.00 e. The van der Waals surface area contributed by atoms with Crippen molar-refractivity contribution in [3.8, 4) is 0 Å². The van der Waals surface area contributed by atoms with E-state index in [4.69, 9.17) is 5.73 Å². The number of halogens is 1. The lowest BCUT2D eigenvalue weighted by Gasteiger charge is -2.07. The van der Waals surface area contributed by atoms with Gasteiger partial charge in [0.2, 0.25) is 5.52 Å². The van der Waals surface area contributed by atoms with Gasteiger partial charge < -0.3 is 29.7 Å². The zero-order valence-corrected chi connectivity index (χ0v) is 21.1. The van der Waals surface area contributed by atoms with Crippen LogP contribution in [-0.2, 0) is 6.54 Å². The number of pyridine rings is 1. The summed E-state index contributed by atoms with van der Waals surface area (Å²) in [6, 6.07) is 10.6. The molecule has 3 heteroatoms. The molecule has 2 N–H and O–H groups in total. The number of nitrogen functional groups attached to an aromatic ring is 1. The maximum atomic E-state index is 6.19. The number of hydrogen-bond donors (Lipinski definition) is 1. The van der Waals surface area contributed by atoms with Crippen LogP contribution in [0.15, 0.2) is 30.3 Å². The van der Waals surface area contributed by atoms with Crippen molar-refractivity contribution in [2.45, 2.75) is 110 Å². The Morgan fingerprint density at radius 3 is 1.76 bits per heavy atom. The molecule has 0 bridgehead atoms. The van der Waals surface area contributed by atoms with Crippen molar-refractivity contribution in [3.05, 3.63) is 36.0 Å². The topological polar surface area (TPSA) is 29.9 Å². The lowest BCUT2D eigenvalue weighted by molar-refractivity contribution is -0.677. The van der Waals surface area contributed by atoms with Gasteiger partial charge in [0.25, 0.3) is 0 Å². The average Bonchev–Trinajstić information content (AvgIpc) is 2.70. The molecule has 0 unspecified atom stereocenters. The molecule has 0 amide bonds. The first-order valence-corrected chi connectivity index (χ1v) is 11.9. The lowest BCUT2D eigenvalue weighted by Crippen LogP contribution is -3.00. The van der Waals surface area contributed by atoms with Gasteiger partial charge in [0, 0.05) is 25.5 Å². The second kappa shape index (κ2) is 15.9. The van der Waals surface area contributed by atoms with E-state index in [1.54, 1.807) is 0 Å². The summed E-state index contributed by atoms with van der Waals surface area (Å²) in [7, 11) is 0. The highest BCUT2D eigenvalue weighted by molar-refractivity contribution is 5.87.